The standard InChI is InChI=1S/C12H16Cl2S/c13-8-3-1-2-4-9-15-12-7-5-6-11(14)10-12/h5-7,10H,1-4,8-9H2. The molecule has 0 aliphatic heterocycles. The van der Waals surface area contributed by atoms with E-state index in [1.807, 2.05) is 30.0 Å². The molecule has 0 unspecified atom stereocenters. The molecule has 0 saturated carbocycles. The largest absolute Gasteiger partial charge is 0.127 e. The van der Waals surface area contributed by atoms with Gasteiger partial charge < -0.3 is 0 Å². The topological polar surface area (TPSA) is 0 Å². The van der Waals surface area contributed by atoms with Crippen LogP contribution < -0.4 is 0 Å². The molecule has 0 N–H and O–H groups in total. The summed E-state index contributed by atoms with van der Waals surface area (Å²) in [5.74, 6) is 1.96. The van der Waals surface area contributed by atoms with E-state index in [1.54, 1.807) is 0 Å². The van der Waals surface area contributed by atoms with E-state index in [9.17, 15) is 0 Å². The highest BCUT2D eigenvalue weighted by Crippen LogP contribution is 2.22. The van der Waals surface area contributed by atoms with Crippen molar-refractivity contribution in [3.8, 4) is 0 Å². The van der Waals surface area contributed by atoms with Crippen molar-refractivity contribution in [1.82, 2.24) is 0 Å². The Balaban J connectivity index is 2.10. The van der Waals surface area contributed by atoms with Gasteiger partial charge in [-0.3, -0.25) is 0 Å². The molecule has 1 rings (SSSR count). The zero-order valence-electron chi connectivity index (χ0n) is 8.72. The fourth-order valence-corrected chi connectivity index (χ4v) is 2.71. The molecule has 0 saturated heterocycles. The molecular formula is C12H16Cl2S. The van der Waals surface area contributed by atoms with Crippen LogP contribution in [-0.4, -0.2) is 11.6 Å². The van der Waals surface area contributed by atoms with Gasteiger partial charge in [0.15, 0.2) is 0 Å². The van der Waals surface area contributed by atoms with Crippen molar-refractivity contribution < 1.29 is 0 Å². The number of rotatable bonds is 7. The third-order valence-corrected chi connectivity index (χ3v) is 3.68. The lowest BCUT2D eigenvalue weighted by Crippen LogP contribution is -1.83. The number of hydrogen-bond acceptors (Lipinski definition) is 1. The van der Waals surface area contributed by atoms with Crippen LogP contribution in [0.25, 0.3) is 0 Å². The second kappa shape index (κ2) is 8.32. The molecule has 84 valence electrons. The quantitative estimate of drug-likeness (QED) is 0.368. The lowest BCUT2D eigenvalue weighted by Gasteiger charge is -2.01. The van der Waals surface area contributed by atoms with Crippen molar-refractivity contribution >= 4 is 35.0 Å². The van der Waals surface area contributed by atoms with Crippen LogP contribution in [0.4, 0.5) is 0 Å². The summed E-state index contributed by atoms with van der Waals surface area (Å²) in [4.78, 5) is 1.26. The molecular weight excluding hydrogens is 247 g/mol. The molecule has 0 radical (unpaired) electrons. The van der Waals surface area contributed by atoms with Crippen LogP contribution in [0.15, 0.2) is 29.2 Å². The highest BCUT2D eigenvalue weighted by atomic mass is 35.5. The van der Waals surface area contributed by atoms with Crippen molar-refractivity contribution in [3.05, 3.63) is 29.3 Å². The molecule has 0 bridgehead atoms. The van der Waals surface area contributed by atoms with Crippen LogP contribution in [0.5, 0.6) is 0 Å². The van der Waals surface area contributed by atoms with E-state index in [0.29, 0.717) is 0 Å². The first kappa shape index (κ1) is 13.2. The van der Waals surface area contributed by atoms with E-state index in [0.717, 1.165) is 17.3 Å². The first-order valence-electron chi connectivity index (χ1n) is 5.27. The monoisotopic (exact) mass is 262 g/mol. The maximum atomic E-state index is 5.90. The maximum absolute atomic E-state index is 5.90. The molecule has 1 aromatic rings. The molecule has 0 aliphatic carbocycles. The Kier molecular flexibility index (Phi) is 7.33. The Labute approximate surface area is 106 Å². The third kappa shape index (κ3) is 6.34. The predicted molar refractivity (Wildman–Crippen MR) is 71.4 cm³/mol. The van der Waals surface area contributed by atoms with E-state index in [-0.39, 0.29) is 0 Å². The molecule has 0 heterocycles. The highest BCUT2D eigenvalue weighted by Gasteiger charge is 1.95. The van der Waals surface area contributed by atoms with Gasteiger partial charge in [-0.05, 0) is 36.8 Å². The fraction of sp³-hybridized carbons (Fsp3) is 0.500. The number of hydrogen-bond donors (Lipinski definition) is 0. The van der Waals surface area contributed by atoms with E-state index >= 15 is 0 Å². The Morgan fingerprint density at radius 3 is 2.60 bits per heavy atom. The molecule has 0 aromatic heterocycles. The summed E-state index contributed by atoms with van der Waals surface area (Å²) in [5, 5.41) is 0.821. The minimum absolute atomic E-state index is 0.793. The van der Waals surface area contributed by atoms with E-state index < -0.39 is 0 Å². The summed E-state index contributed by atoms with van der Waals surface area (Å²) in [7, 11) is 0. The first-order valence-corrected chi connectivity index (χ1v) is 7.17. The van der Waals surface area contributed by atoms with Gasteiger partial charge in [-0.2, -0.15) is 0 Å². The molecule has 0 fully saturated rings. The number of thioether (sulfide) groups is 1. The van der Waals surface area contributed by atoms with Gasteiger partial charge in [-0.1, -0.05) is 30.5 Å². The van der Waals surface area contributed by atoms with Gasteiger partial charge in [0.1, 0.15) is 0 Å². The van der Waals surface area contributed by atoms with Crippen LogP contribution in [0.2, 0.25) is 5.02 Å². The minimum atomic E-state index is 0.793. The molecule has 0 atom stereocenters. The van der Waals surface area contributed by atoms with Gasteiger partial charge in [0.25, 0.3) is 0 Å². The van der Waals surface area contributed by atoms with Crippen LogP contribution >= 0.6 is 35.0 Å². The molecule has 0 aliphatic rings. The number of halogens is 2. The van der Waals surface area contributed by atoms with Gasteiger partial charge in [0.2, 0.25) is 0 Å². The van der Waals surface area contributed by atoms with Crippen LogP contribution in [0.1, 0.15) is 25.7 Å². The van der Waals surface area contributed by atoms with Crippen molar-refractivity contribution in [1.29, 1.82) is 0 Å². The average Bonchev–Trinajstić information content (AvgIpc) is 2.23. The maximum Gasteiger partial charge on any atom is 0.0417 e. The summed E-state index contributed by atoms with van der Waals surface area (Å²) < 4.78 is 0. The van der Waals surface area contributed by atoms with Crippen molar-refractivity contribution in [2.75, 3.05) is 11.6 Å². The van der Waals surface area contributed by atoms with Gasteiger partial charge in [0, 0.05) is 15.8 Å². The van der Waals surface area contributed by atoms with Gasteiger partial charge in [0.05, 0.1) is 0 Å². The second-order valence-electron chi connectivity index (χ2n) is 3.41. The fourth-order valence-electron chi connectivity index (χ4n) is 1.30. The molecule has 0 nitrogen and oxygen atoms in total. The van der Waals surface area contributed by atoms with Crippen LogP contribution in [-0.2, 0) is 0 Å². The van der Waals surface area contributed by atoms with Crippen molar-refractivity contribution in [3.63, 3.8) is 0 Å². The lowest BCUT2D eigenvalue weighted by atomic mass is 10.2. The first-order chi connectivity index (χ1) is 7.33. The molecule has 0 amide bonds. The van der Waals surface area contributed by atoms with E-state index in [1.165, 1.54) is 29.9 Å². The van der Waals surface area contributed by atoms with E-state index in [4.69, 9.17) is 23.2 Å². The summed E-state index contributed by atoms with van der Waals surface area (Å²) in [6, 6.07) is 8.03. The Morgan fingerprint density at radius 1 is 1.07 bits per heavy atom. The summed E-state index contributed by atoms with van der Waals surface area (Å²) in [5.41, 5.74) is 0. The Bertz CT molecular complexity index is 276. The average molecular weight is 263 g/mol. The number of benzene rings is 1. The zero-order chi connectivity index (χ0) is 10.9. The SMILES string of the molecule is ClCCCCCCSc1cccc(Cl)c1. The smallest absolute Gasteiger partial charge is 0.0417 e. The number of alkyl halides is 1. The highest BCUT2D eigenvalue weighted by molar-refractivity contribution is 7.99. The minimum Gasteiger partial charge on any atom is -0.127 e. The van der Waals surface area contributed by atoms with Crippen LogP contribution in [0, 0.1) is 0 Å². The summed E-state index contributed by atoms with van der Waals surface area (Å²) in [6.07, 6.45) is 4.93. The third-order valence-electron chi connectivity index (χ3n) is 2.09. The summed E-state index contributed by atoms with van der Waals surface area (Å²) >= 11 is 13.4. The lowest BCUT2D eigenvalue weighted by molar-refractivity contribution is 0.709. The predicted octanol–water partition coefficient (Wildman–Crippen LogP) is 5.23. The zero-order valence-corrected chi connectivity index (χ0v) is 11.0. The van der Waals surface area contributed by atoms with Gasteiger partial charge >= 0.3 is 0 Å². The van der Waals surface area contributed by atoms with Crippen molar-refractivity contribution in [2.24, 2.45) is 0 Å². The second-order valence-corrected chi connectivity index (χ2v) is 5.39. The summed E-state index contributed by atoms with van der Waals surface area (Å²) in [6.45, 7) is 0. The van der Waals surface area contributed by atoms with Gasteiger partial charge in [-0.25, -0.2) is 0 Å². The number of unbranched alkanes of at least 4 members (excludes halogenated alkanes) is 3. The molecule has 1 aromatic carbocycles. The van der Waals surface area contributed by atoms with E-state index in [2.05, 4.69) is 6.07 Å². The molecule has 15 heavy (non-hydrogen) atoms. The molecule has 0 spiro atoms. The Hall–Kier alpha value is 0.150. The van der Waals surface area contributed by atoms with Crippen molar-refractivity contribution in [2.45, 2.75) is 30.6 Å². The normalized spacial score (nSPS) is 10.5. The van der Waals surface area contributed by atoms with Crippen LogP contribution in [0.3, 0.4) is 0 Å². The van der Waals surface area contributed by atoms with Gasteiger partial charge in [-0.15, -0.1) is 23.4 Å². The molecule has 3 heteroatoms. The Morgan fingerprint density at radius 2 is 1.87 bits per heavy atom.